The molecule has 3 aromatic rings. The van der Waals surface area contributed by atoms with Crippen LogP contribution in [0, 0.1) is 5.41 Å². The summed E-state index contributed by atoms with van der Waals surface area (Å²) in [5.74, 6) is -0.00883. The van der Waals surface area contributed by atoms with E-state index in [0.29, 0.717) is 13.0 Å². The predicted octanol–water partition coefficient (Wildman–Crippen LogP) is 6.06. The number of hydrogen-bond donors (Lipinski definition) is 1. The molecule has 2 aromatic carbocycles. The van der Waals surface area contributed by atoms with E-state index in [-0.39, 0.29) is 41.4 Å². The van der Waals surface area contributed by atoms with E-state index in [9.17, 15) is 4.79 Å². The number of carboxylic acids is 1. The number of halogens is 1. The number of aliphatic carboxylic acids is 1. The smallest absolute Gasteiger partial charge is 0.303 e. The fourth-order valence-corrected chi connectivity index (χ4v) is 3.38. The normalized spacial score (nSPS) is 11.4. The zero-order valence-electron chi connectivity index (χ0n) is 17.6. The Morgan fingerprint density at radius 3 is 2.67 bits per heavy atom. The Morgan fingerprint density at radius 1 is 1.13 bits per heavy atom. The molecule has 0 aliphatic rings. The first-order valence-corrected chi connectivity index (χ1v) is 10.3. The van der Waals surface area contributed by atoms with Gasteiger partial charge in [0.15, 0.2) is 0 Å². The van der Waals surface area contributed by atoms with Crippen LogP contribution in [0.15, 0.2) is 59.1 Å². The Labute approximate surface area is 207 Å². The molecular weight excluding hydrogens is 453 g/mol. The molecule has 30 heavy (non-hydrogen) atoms. The van der Waals surface area contributed by atoms with E-state index in [1.807, 2.05) is 74.5 Å². The van der Waals surface area contributed by atoms with Crippen LogP contribution in [0.5, 0.6) is 5.75 Å². The van der Waals surface area contributed by atoms with E-state index in [1.165, 1.54) is 0 Å². The van der Waals surface area contributed by atoms with Crippen LogP contribution >= 0.6 is 15.9 Å². The summed E-state index contributed by atoms with van der Waals surface area (Å²) in [6.45, 7) is 4.37. The van der Waals surface area contributed by atoms with Crippen molar-refractivity contribution in [3.8, 4) is 5.75 Å². The first-order chi connectivity index (χ1) is 13.8. The second-order valence-corrected chi connectivity index (χ2v) is 8.73. The van der Waals surface area contributed by atoms with Crippen molar-refractivity contribution in [3.63, 3.8) is 0 Å². The first-order valence-electron chi connectivity index (χ1n) is 9.50. The average molecular weight is 477 g/mol. The molecule has 0 saturated carbocycles. The topological polar surface area (TPSA) is 59.4 Å². The quantitative estimate of drug-likeness (QED) is 0.401. The summed E-state index contributed by atoms with van der Waals surface area (Å²) in [4.78, 5) is 15.6. The molecule has 0 fully saturated rings. The van der Waals surface area contributed by atoms with Crippen LogP contribution in [0.1, 0.15) is 37.9 Å². The second-order valence-electron chi connectivity index (χ2n) is 7.81. The molecule has 0 aliphatic carbocycles. The first kappa shape index (κ1) is 24.6. The third kappa shape index (κ3) is 7.55. The number of benzene rings is 2. The molecule has 0 atom stereocenters. The van der Waals surface area contributed by atoms with E-state index in [0.717, 1.165) is 32.4 Å². The molecule has 0 bridgehead atoms. The average Bonchev–Trinajstić information content (AvgIpc) is 2.65. The molecule has 1 heterocycles. The number of fused-ring (bicyclic) bond motifs is 1. The van der Waals surface area contributed by atoms with Gasteiger partial charge in [-0.2, -0.15) is 0 Å². The van der Waals surface area contributed by atoms with Crippen molar-refractivity contribution < 1.29 is 14.6 Å². The molecule has 6 heteroatoms. The maximum atomic E-state index is 10.9. The third-order valence-corrected chi connectivity index (χ3v) is 5.15. The van der Waals surface area contributed by atoms with Crippen LogP contribution in [-0.2, 0) is 4.79 Å². The van der Waals surface area contributed by atoms with Gasteiger partial charge in [0, 0.05) is 39.4 Å². The summed E-state index contributed by atoms with van der Waals surface area (Å²) in [7, 11) is 0. The minimum atomic E-state index is -0.781. The van der Waals surface area contributed by atoms with Crippen LogP contribution in [-0.4, -0.2) is 52.2 Å². The molecule has 0 aliphatic heterocycles. The van der Waals surface area contributed by atoms with Gasteiger partial charge in [0.1, 0.15) is 5.75 Å². The summed E-state index contributed by atoms with van der Waals surface area (Å²) in [6.07, 6.45) is 4.80. The maximum absolute atomic E-state index is 10.9. The van der Waals surface area contributed by atoms with Gasteiger partial charge >= 0.3 is 5.97 Å². The summed E-state index contributed by atoms with van der Waals surface area (Å²) >= 11 is 3.48. The number of rotatable bonds is 8. The zero-order valence-corrected chi connectivity index (χ0v) is 21.1. The molecule has 4 nitrogen and oxygen atoms in total. The summed E-state index contributed by atoms with van der Waals surface area (Å²) in [5.41, 5.74) is 2.56. The molecule has 1 N–H and O–H groups in total. The van der Waals surface area contributed by atoms with Gasteiger partial charge in [-0.15, -0.1) is 0 Å². The van der Waals surface area contributed by atoms with Crippen molar-refractivity contribution in [2.45, 2.75) is 26.7 Å². The van der Waals surface area contributed by atoms with Crippen molar-refractivity contribution in [1.29, 1.82) is 0 Å². The Morgan fingerprint density at radius 2 is 1.90 bits per heavy atom. The van der Waals surface area contributed by atoms with Gasteiger partial charge < -0.3 is 9.84 Å². The van der Waals surface area contributed by atoms with Crippen molar-refractivity contribution in [2.75, 3.05) is 6.61 Å². The van der Waals surface area contributed by atoms with Crippen LogP contribution in [0.25, 0.3) is 23.1 Å². The van der Waals surface area contributed by atoms with Gasteiger partial charge in [-0.25, -0.2) is 4.98 Å². The van der Waals surface area contributed by atoms with Gasteiger partial charge in [-0.3, -0.25) is 4.79 Å². The zero-order chi connectivity index (χ0) is 20.9. The summed E-state index contributed by atoms with van der Waals surface area (Å²) in [6, 6.07) is 18.0. The molecule has 0 saturated heterocycles. The predicted molar refractivity (Wildman–Crippen MR) is 127 cm³/mol. The fourth-order valence-electron chi connectivity index (χ4n) is 3.03. The standard InChI is InChI=1S/C24H24BrNO3.Na/c1-24(2,16-23(27)28)12-13-29-21-5-3-4-17(14-21)6-10-20-11-8-18-7-9-19(25)15-22(18)26-20;/h3-11,14-15H,12-13,16H2,1-2H3,(H,27,28);. The SMILES string of the molecule is CC(C)(CCOc1cccc(C=Cc2ccc3ccc(Br)cc3n2)c1)CC(=O)O.[Na]. The number of pyridine rings is 1. The molecule has 1 aromatic heterocycles. The van der Waals surface area contributed by atoms with Crippen molar-refractivity contribution in [3.05, 3.63) is 70.3 Å². The molecule has 1 radical (unpaired) electrons. The summed E-state index contributed by atoms with van der Waals surface area (Å²) < 4.78 is 6.85. The third-order valence-electron chi connectivity index (χ3n) is 4.66. The van der Waals surface area contributed by atoms with Crippen molar-refractivity contribution in [1.82, 2.24) is 4.98 Å². The van der Waals surface area contributed by atoms with Crippen LogP contribution in [0.3, 0.4) is 0 Å². The fraction of sp³-hybridized carbons (Fsp3) is 0.250. The van der Waals surface area contributed by atoms with Crippen LogP contribution in [0.4, 0.5) is 0 Å². The van der Waals surface area contributed by atoms with E-state index in [2.05, 4.69) is 27.0 Å². The number of hydrogen-bond acceptors (Lipinski definition) is 3. The maximum Gasteiger partial charge on any atom is 0.303 e. The van der Waals surface area contributed by atoms with Gasteiger partial charge in [0.05, 0.1) is 24.2 Å². The van der Waals surface area contributed by atoms with Crippen molar-refractivity contribution >= 4 is 74.5 Å². The van der Waals surface area contributed by atoms with Gasteiger partial charge in [-0.1, -0.05) is 60.1 Å². The van der Waals surface area contributed by atoms with E-state index >= 15 is 0 Å². The Hall–Kier alpha value is -1.66. The number of carbonyl (C=O) groups is 1. The van der Waals surface area contributed by atoms with Gasteiger partial charge in [-0.05, 0) is 53.8 Å². The van der Waals surface area contributed by atoms with Crippen LogP contribution < -0.4 is 4.74 Å². The van der Waals surface area contributed by atoms with Crippen molar-refractivity contribution in [2.24, 2.45) is 5.41 Å². The number of ether oxygens (including phenoxy) is 1. The number of aromatic nitrogens is 1. The van der Waals surface area contributed by atoms with E-state index < -0.39 is 5.97 Å². The molecular formula is C24H24BrNNaO3. The molecule has 151 valence electrons. The monoisotopic (exact) mass is 476 g/mol. The van der Waals surface area contributed by atoms with Gasteiger partial charge in [0.25, 0.3) is 0 Å². The molecule has 0 amide bonds. The molecule has 3 rings (SSSR count). The summed E-state index contributed by atoms with van der Waals surface area (Å²) in [5, 5.41) is 10.1. The molecule has 0 unspecified atom stereocenters. The Kier molecular flexibility index (Phi) is 9.10. The minimum absolute atomic E-state index is 0. The van der Waals surface area contributed by atoms with E-state index in [1.54, 1.807) is 0 Å². The Balaban J connectivity index is 0.00000320. The number of nitrogens with zero attached hydrogens (tertiary/aromatic N) is 1. The van der Waals surface area contributed by atoms with Gasteiger partial charge in [0.2, 0.25) is 0 Å². The van der Waals surface area contributed by atoms with E-state index in [4.69, 9.17) is 9.84 Å². The minimum Gasteiger partial charge on any atom is -0.494 e. The largest absolute Gasteiger partial charge is 0.494 e. The molecule has 0 spiro atoms. The Bertz CT molecular complexity index is 1050. The van der Waals surface area contributed by atoms with Crippen LogP contribution in [0.2, 0.25) is 0 Å². The second kappa shape index (κ2) is 11.1. The number of carboxylic acid groups (broad SMARTS) is 1.